The van der Waals surface area contributed by atoms with Gasteiger partial charge in [0.1, 0.15) is 0 Å². The number of fused-ring (bicyclic) bond motifs is 1. The van der Waals surface area contributed by atoms with Crippen molar-refractivity contribution in [1.29, 1.82) is 0 Å². The zero-order chi connectivity index (χ0) is 20.8. The zero-order valence-electron chi connectivity index (χ0n) is 17.1. The molecular formula is C24H28N2O3S. The quantitative estimate of drug-likeness (QED) is 0.555. The molecule has 0 saturated carbocycles. The van der Waals surface area contributed by atoms with E-state index in [-0.39, 0.29) is 5.75 Å². The van der Waals surface area contributed by atoms with Gasteiger partial charge < -0.3 is 4.74 Å². The Morgan fingerprint density at radius 2 is 1.57 bits per heavy atom. The van der Waals surface area contributed by atoms with Gasteiger partial charge in [-0.15, -0.1) is 0 Å². The Labute approximate surface area is 178 Å². The molecule has 1 heterocycles. The van der Waals surface area contributed by atoms with Crippen LogP contribution in [-0.4, -0.2) is 57.0 Å². The molecule has 0 bridgehead atoms. The van der Waals surface area contributed by atoms with E-state index in [2.05, 4.69) is 23.1 Å². The molecule has 0 unspecified atom stereocenters. The number of rotatable bonds is 8. The maximum atomic E-state index is 13.4. The van der Waals surface area contributed by atoms with Crippen molar-refractivity contribution in [2.24, 2.45) is 0 Å². The molecule has 0 aromatic heterocycles. The van der Waals surface area contributed by atoms with Gasteiger partial charge in [-0.25, -0.2) is 8.42 Å². The summed E-state index contributed by atoms with van der Waals surface area (Å²) in [5.41, 5.74) is 1.85. The fourth-order valence-corrected chi connectivity index (χ4v) is 5.38. The van der Waals surface area contributed by atoms with Crippen LogP contribution in [-0.2, 0) is 27.1 Å². The molecule has 1 fully saturated rings. The van der Waals surface area contributed by atoms with E-state index in [4.69, 9.17) is 4.74 Å². The average molecular weight is 425 g/mol. The lowest BCUT2D eigenvalue weighted by molar-refractivity contribution is 0.0361. The molecule has 0 N–H and O–H groups in total. The molecule has 3 aromatic rings. The molecule has 5 nitrogen and oxygen atoms in total. The van der Waals surface area contributed by atoms with E-state index in [1.807, 2.05) is 54.6 Å². The first kappa shape index (κ1) is 21.0. The van der Waals surface area contributed by atoms with Gasteiger partial charge in [0.05, 0.1) is 19.0 Å². The molecule has 1 aliphatic rings. The summed E-state index contributed by atoms with van der Waals surface area (Å²) >= 11 is 0. The van der Waals surface area contributed by atoms with Crippen molar-refractivity contribution in [2.75, 3.05) is 39.4 Å². The van der Waals surface area contributed by atoms with Crippen LogP contribution in [0.15, 0.2) is 72.8 Å². The van der Waals surface area contributed by atoms with Gasteiger partial charge in [0.25, 0.3) is 0 Å². The third-order valence-corrected chi connectivity index (χ3v) is 7.38. The molecule has 0 radical (unpaired) electrons. The van der Waals surface area contributed by atoms with E-state index in [1.165, 1.54) is 0 Å². The third kappa shape index (κ3) is 5.26. The number of benzene rings is 3. The number of hydrogen-bond donors (Lipinski definition) is 0. The van der Waals surface area contributed by atoms with Crippen molar-refractivity contribution in [2.45, 2.75) is 12.3 Å². The molecule has 1 aliphatic heterocycles. The van der Waals surface area contributed by atoms with Gasteiger partial charge in [-0.1, -0.05) is 72.8 Å². The standard InChI is InChI=1S/C24H28N2O3S/c27-30(28,20-21-7-2-1-3-8-21)26(14-13-25-15-17-29-18-16-25)19-23-11-6-10-22-9-4-5-12-24(22)23/h1-12H,13-20H2. The summed E-state index contributed by atoms with van der Waals surface area (Å²) in [6, 6.07) is 23.6. The Balaban J connectivity index is 1.58. The Hall–Kier alpha value is -2.25. The lowest BCUT2D eigenvalue weighted by Crippen LogP contribution is -2.43. The van der Waals surface area contributed by atoms with Crippen LogP contribution in [0, 0.1) is 0 Å². The van der Waals surface area contributed by atoms with Crippen LogP contribution in [0.1, 0.15) is 11.1 Å². The van der Waals surface area contributed by atoms with Gasteiger partial charge in [0.15, 0.2) is 0 Å². The number of morpholine rings is 1. The van der Waals surface area contributed by atoms with E-state index in [9.17, 15) is 8.42 Å². The monoisotopic (exact) mass is 424 g/mol. The van der Waals surface area contributed by atoms with Crippen molar-refractivity contribution in [3.63, 3.8) is 0 Å². The molecule has 0 amide bonds. The summed E-state index contributed by atoms with van der Waals surface area (Å²) in [5.74, 6) is 0.0156. The van der Waals surface area contributed by atoms with E-state index in [1.54, 1.807) is 4.31 Å². The van der Waals surface area contributed by atoms with Gasteiger partial charge in [-0.3, -0.25) is 4.90 Å². The van der Waals surface area contributed by atoms with Crippen molar-refractivity contribution in [3.05, 3.63) is 83.9 Å². The summed E-state index contributed by atoms with van der Waals surface area (Å²) in [6.45, 7) is 4.67. The molecule has 3 aromatic carbocycles. The van der Waals surface area contributed by atoms with Gasteiger partial charge in [0.2, 0.25) is 10.0 Å². The second-order valence-electron chi connectivity index (χ2n) is 7.67. The van der Waals surface area contributed by atoms with Gasteiger partial charge in [-0.2, -0.15) is 4.31 Å². The fourth-order valence-electron chi connectivity index (χ4n) is 3.89. The molecule has 30 heavy (non-hydrogen) atoms. The Morgan fingerprint density at radius 3 is 2.37 bits per heavy atom. The fraction of sp³-hybridized carbons (Fsp3) is 0.333. The van der Waals surface area contributed by atoms with Crippen molar-refractivity contribution < 1.29 is 13.2 Å². The first-order valence-corrected chi connectivity index (χ1v) is 12.0. The smallest absolute Gasteiger partial charge is 0.218 e. The third-order valence-electron chi connectivity index (χ3n) is 5.58. The Kier molecular flexibility index (Phi) is 6.79. The van der Waals surface area contributed by atoms with E-state index >= 15 is 0 Å². The summed E-state index contributed by atoms with van der Waals surface area (Å²) in [5, 5.41) is 2.23. The minimum atomic E-state index is -3.47. The minimum absolute atomic E-state index is 0.0156. The number of sulfonamides is 1. The largest absolute Gasteiger partial charge is 0.379 e. The summed E-state index contributed by atoms with van der Waals surface area (Å²) in [7, 11) is -3.47. The highest BCUT2D eigenvalue weighted by Crippen LogP contribution is 2.22. The van der Waals surface area contributed by atoms with Crippen molar-refractivity contribution >= 4 is 20.8 Å². The van der Waals surface area contributed by atoms with Gasteiger partial charge in [-0.05, 0) is 21.9 Å². The molecule has 0 spiro atoms. The van der Waals surface area contributed by atoms with Crippen molar-refractivity contribution in [1.82, 2.24) is 9.21 Å². The maximum Gasteiger partial charge on any atom is 0.218 e. The molecular weight excluding hydrogens is 396 g/mol. The SMILES string of the molecule is O=S(=O)(Cc1ccccc1)N(CCN1CCOCC1)Cc1cccc2ccccc12. The number of nitrogens with zero attached hydrogens (tertiary/aromatic N) is 2. The Morgan fingerprint density at radius 1 is 0.867 bits per heavy atom. The Bertz CT molecular complexity index is 1060. The van der Waals surface area contributed by atoms with Crippen LogP contribution in [0.4, 0.5) is 0 Å². The van der Waals surface area contributed by atoms with E-state index in [0.29, 0.717) is 32.8 Å². The summed E-state index contributed by atoms with van der Waals surface area (Å²) in [6.07, 6.45) is 0. The first-order valence-electron chi connectivity index (χ1n) is 10.4. The molecule has 0 atom stereocenters. The second kappa shape index (κ2) is 9.71. The van der Waals surface area contributed by atoms with Gasteiger partial charge >= 0.3 is 0 Å². The molecule has 158 valence electrons. The lowest BCUT2D eigenvalue weighted by atomic mass is 10.0. The molecule has 4 rings (SSSR count). The van der Waals surface area contributed by atoms with Crippen LogP contribution in [0.2, 0.25) is 0 Å². The average Bonchev–Trinajstić information content (AvgIpc) is 2.77. The predicted molar refractivity (Wildman–Crippen MR) is 121 cm³/mol. The van der Waals surface area contributed by atoms with E-state index < -0.39 is 10.0 Å². The van der Waals surface area contributed by atoms with E-state index in [0.717, 1.165) is 35.0 Å². The first-order chi connectivity index (χ1) is 14.6. The molecule has 6 heteroatoms. The van der Waals surface area contributed by atoms with Crippen LogP contribution >= 0.6 is 0 Å². The highest BCUT2D eigenvalue weighted by molar-refractivity contribution is 7.88. The number of hydrogen-bond acceptors (Lipinski definition) is 4. The molecule has 1 saturated heterocycles. The van der Waals surface area contributed by atoms with Crippen molar-refractivity contribution in [3.8, 4) is 0 Å². The normalized spacial score (nSPS) is 15.6. The molecule has 0 aliphatic carbocycles. The zero-order valence-corrected chi connectivity index (χ0v) is 17.9. The summed E-state index contributed by atoms with van der Waals surface area (Å²) in [4.78, 5) is 2.28. The topological polar surface area (TPSA) is 49.9 Å². The highest BCUT2D eigenvalue weighted by atomic mass is 32.2. The second-order valence-corrected chi connectivity index (χ2v) is 9.64. The van der Waals surface area contributed by atoms with Crippen LogP contribution in [0.5, 0.6) is 0 Å². The maximum absolute atomic E-state index is 13.4. The van der Waals surface area contributed by atoms with Crippen LogP contribution < -0.4 is 0 Å². The highest BCUT2D eigenvalue weighted by Gasteiger charge is 2.24. The van der Waals surface area contributed by atoms with Crippen LogP contribution in [0.3, 0.4) is 0 Å². The number of ether oxygens (including phenoxy) is 1. The minimum Gasteiger partial charge on any atom is -0.379 e. The predicted octanol–water partition coefficient (Wildman–Crippen LogP) is 3.50. The summed E-state index contributed by atoms with van der Waals surface area (Å²) < 4.78 is 33.9. The lowest BCUT2D eigenvalue weighted by Gasteiger charge is -2.30. The van der Waals surface area contributed by atoms with Crippen LogP contribution in [0.25, 0.3) is 10.8 Å². The van der Waals surface area contributed by atoms with Gasteiger partial charge in [0, 0.05) is 32.7 Å².